The van der Waals surface area contributed by atoms with Crippen molar-refractivity contribution in [2.75, 3.05) is 5.32 Å². The lowest BCUT2D eigenvalue weighted by Crippen LogP contribution is -2.38. The minimum atomic E-state index is -0.643. The fourth-order valence-electron chi connectivity index (χ4n) is 1.78. The molecule has 0 spiro atoms. The van der Waals surface area contributed by atoms with E-state index in [1.54, 1.807) is 6.07 Å². The molecule has 1 aromatic rings. The van der Waals surface area contributed by atoms with Crippen LogP contribution in [-0.4, -0.2) is 17.0 Å². The van der Waals surface area contributed by atoms with Crippen LogP contribution >= 0.6 is 0 Å². The number of nitrogens with zero attached hydrogens (tertiary/aromatic N) is 1. The van der Waals surface area contributed by atoms with Crippen LogP contribution in [0.2, 0.25) is 0 Å². The number of amides is 1. The zero-order valence-corrected chi connectivity index (χ0v) is 10.8. The number of rotatable bonds is 4. The first-order chi connectivity index (χ1) is 8.45. The zero-order chi connectivity index (χ0) is 13.7. The van der Waals surface area contributed by atoms with Gasteiger partial charge in [0.2, 0.25) is 5.91 Å². The summed E-state index contributed by atoms with van der Waals surface area (Å²) in [6, 6.07) is 7.47. The van der Waals surface area contributed by atoms with Gasteiger partial charge in [-0.1, -0.05) is 31.1 Å². The molecule has 98 valence electrons. The van der Waals surface area contributed by atoms with Crippen LogP contribution in [-0.2, 0) is 4.79 Å². The molecule has 0 radical (unpaired) electrons. The predicted octanol–water partition coefficient (Wildman–Crippen LogP) is 1.95. The van der Waals surface area contributed by atoms with Gasteiger partial charge in [0.1, 0.15) is 5.92 Å². The van der Waals surface area contributed by atoms with E-state index in [1.807, 2.05) is 39.0 Å². The quantitative estimate of drug-likeness (QED) is 0.330. The van der Waals surface area contributed by atoms with E-state index in [9.17, 15) is 4.79 Å². The number of nitrogens with one attached hydrogen (secondary N) is 1. The van der Waals surface area contributed by atoms with Crippen molar-refractivity contribution >= 4 is 17.4 Å². The van der Waals surface area contributed by atoms with Crippen LogP contribution in [0.3, 0.4) is 0 Å². The number of benzene rings is 1. The van der Waals surface area contributed by atoms with Gasteiger partial charge < -0.3 is 16.3 Å². The van der Waals surface area contributed by atoms with Crippen LogP contribution in [0, 0.1) is 18.8 Å². The van der Waals surface area contributed by atoms with E-state index in [4.69, 9.17) is 10.9 Å². The molecule has 1 amide bonds. The Morgan fingerprint density at radius 3 is 2.61 bits per heavy atom. The van der Waals surface area contributed by atoms with Crippen LogP contribution in [0.5, 0.6) is 0 Å². The Morgan fingerprint density at radius 1 is 1.44 bits per heavy atom. The molecule has 18 heavy (non-hydrogen) atoms. The molecule has 1 atom stereocenters. The molecule has 0 saturated heterocycles. The summed E-state index contributed by atoms with van der Waals surface area (Å²) >= 11 is 0. The number of hydrogen-bond acceptors (Lipinski definition) is 3. The standard InChI is InChI=1S/C13H19N3O2/c1-8(2)11(12(14)16-18)13(17)15-10-6-4-5-9(3)7-10/h4-8,11,18H,1-3H3,(H2,14,16)(H,15,17). The van der Waals surface area contributed by atoms with Gasteiger partial charge >= 0.3 is 0 Å². The first kappa shape index (κ1) is 14.0. The van der Waals surface area contributed by atoms with Gasteiger partial charge in [-0.2, -0.15) is 0 Å². The first-order valence-electron chi connectivity index (χ1n) is 5.80. The second-order valence-corrected chi connectivity index (χ2v) is 4.61. The molecule has 1 rings (SSSR count). The van der Waals surface area contributed by atoms with Crippen molar-refractivity contribution in [1.29, 1.82) is 0 Å². The van der Waals surface area contributed by atoms with E-state index in [-0.39, 0.29) is 17.7 Å². The number of hydrogen-bond donors (Lipinski definition) is 3. The predicted molar refractivity (Wildman–Crippen MR) is 71.5 cm³/mol. The monoisotopic (exact) mass is 249 g/mol. The highest BCUT2D eigenvalue weighted by Crippen LogP contribution is 2.16. The van der Waals surface area contributed by atoms with E-state index >= 15 is 0 Å². The number of carbonyl (C=O) groups excluding carboxylic acids is 1. The van der Waals surface area contributed by atoms with Crippen LogP contribution in [0.4, 0.5) is 5.69 Å². The molecule has 4 N–H and O–H groups in total. The minimum absolute atomic E-state index is 0.0503. The Hall–Kier alpha value is -2.04. The second kappa shape index (κ2) is 6.05. The molecule has 0 aliphatic heterocycles. The molecule has 0 fully saturated rings. The SMILES string of the molecule is Cc1cccc(NC(=O)C(C(N)=NO)C(C)C)c1. The summed E-state index contributed by atoms with van der Waals surface area (Å²) in [6.07, 6.45) is 0. The largest absolute Gasteiger partial charge is 0.409 e. The summed E-state index contributed by atoms with van der Waals surface area (Å²) < 4.78 is 0. The fraction of sp³-hybridized carbons (Fsp3) is 0.385. The normalized spacial score (nSPS) is 13.4. The average Bonchev–Trinajstić information content (AvgIpc) is 2.28. The third kappa shape index (κ3) is 3.48. The Bertz CT molecular complexity index is 455. The number of amidine groups is 1. The lowest BCUT2D eigenvalue weighted by molar-refractivity contribution is -0.119. The molecule has 0 aromatic heterocycles. The highest BCUT2D eigenvalue weighted by molar-refractivity contribution is 6.07. The number of aryl methyl sites for hydroxylation is 1. The number of oxime groups is 1. The molecular formula is C13H19N3O2. The van der Waals surface area contributed by atoms with Crippen molar-refractivity contribution in [2.24, 2.45) is 22.7 Å². The highest BCUT2D eigenvalue weighted by atomic mass is 16.4. The van der Waals surface area contributed by atoms with Crippen LogP contribution in [0.1, 0.15) is 19.4 Å². The van der Waals surface area contributed by atoms with E-state index in [2.05, 4.69) is 10.5 Å². The minimum Gasteiger partial charge on any atom is -0.409 e. The Labute approximate surface area is 107 Å². The van der Waals surface area contributed by atoms with Gasteiger partial charge in [0.15, 0.2) is 5.84 Å². The molecule has 1 unspecified atom stereocenters. The zero-order valence-electron chi connectivity index (χ0n) is 10.8. The van der Waals surface area contributed by atoms with Gasteiger partial charge in [-0.15, -0.1) is 0 Å². The number of nitrogens with two attached hydrogens (primary N) is 1. The van der Waals surface area contributed by atoms with Gasteiger partial charge in [0.25, 0.3) is 0 Å². The third-order valence-electron chi connectivity index (χ3n) is 2.67. The molecule has 0 heterocycles. The smallest absolute Gasteiger partial charge is 0.235 e. The van der Waals surface area contributed by atoms with Crippen LogP contribution in [0.25, 0.3) is 0 Å². The molecule has 0 bridgehead atoms. The summed E-state index contributed by atoms with van der Waals surface area (Å²) in [5, 5.41) is 14.4. The van der Waals surface area contributed by atoms with E-state index in [0.717, 1.165) is 5.56 Å². The number of anilines is 1. The lowest BCUT2D eigenvalue weighted by atomic mass is 9.93. The van der Waals surface area contributed by atoms with Crippen molar-refractivity contribution in [3.8, 4) is 0 Å². The molecule has 0 aliphatic carbocycles. The van der Waals surface area contributed by atoms with Crippen LogP contribution in [0.15, 0.2) is 29.4 Å². The van der Waals surface area contributed by atoms with Crippen molar-refractivity contribution in [3.63, 3.8) is 0 Å². The molecular weight excluding hydrogens is 230 g/mol. The summed E-state index contributed by atoms with van der Waals surface area (Å²) in [4.78, 5) is 12.1. The summed E-state index contributed by atoms with van der Waals surface area (Å²) in [6.45, 7) is 5.64. The van der Waals surface area contributed by atoms with Gasteiger partial charge in [-0.05, 0) is 30.5 Å². The maximum absolute atomic E-state index is 12.1. The highest BCUT2D eigenvalue weighted by Gasteiger charge is 2.26. The first-order valence-corrected chi connectivity index (χ1v) is 5.80. The van der Waals surface area contributed by atoms with Crippen molar-refractivity contribution < 1.29 is 10.0 Å². The molecule has 5 heteroatoms. The Balaban J connectivity index is 2.86. The summed E-state index contributed by atoms with van der Waals surface area (Å²) in [7, 11) is 0. The van der Waals surface area contributed by atoms with Crippen LogP contribution < -0.4 is 11.1 Å². The lowest BCUT2D eigenvalue weighted by Gasteiger charge is -2.18. The average molecular weight is 249 g/mol. The Kier molecular flexibility index (Phi) is 4.71. The fourth-order valence-corrected chi connectivity index (χ4v) is 1.78. The van der Waals surface area contributed by atoms with E-state index < -0.39 is 5.92 Å². The van der Waals surface area contributed by atoms with Crippen molar-refractivity contribution in [1.82, 2.24) is 0 Å². The third-order valence-corrected chi connectivity index (χ3v) is 2.67. The van der Waals surface area contributed by atoms with Gasteiger partial charge in [0, 0.05) is 5.69 Å². The van der Waals surface area contributed by atoms with Gasteiger partial charge in [0.05, 0.1) is 0 Å². The Morgan fingerprint density at radius 2 is 2.11 bits per heavy atom. The van der Waals surface area contributed by atoms with Crippen molar-refractivity contribution in [2.45, 2.75) is 20.8 Å². The van der Waals surface area contributed by atoms with E-state index in [0.29, 0.717) is 5.69 Å². The molecule has 5 nitrogen and oxygen atoms in total. The summed E-state index contributed by atoms with van der Waals surface area (Å²) in [5.41, 5.74) is 7.30. The van der Waals surface area contributed by atoms with E-state index in [1.165, 1.54) is 0 Å². The maximum Gasteiger partial charge on any atom is 0.235 e. The maximum atomic E-state index is 12.1. The second-order valence-electron chi connectivity index (χ2n) is 4.61. The molecule has 0 saturated carbocycles. The van der Waals surface area contributed by atoms with Gasteiger partial charge in [-0.3, -0.25) is 4.79 Å². The van der Waals surface area contributed by atoms with Gasteiger partial charge in [-0.25, -0.2) is 0 Å². The molecule has 1 aromatic carbocycles. The summed E-state index contributed by atoms with van der Waals surface area (Å²) in [5.74, 6) is -1.04. The topological polar surface area (TPSA) is 87.7 Å². The number of carbonyl (C=O) groups is 1. The van der Waals surface area contributed by atoms with Crippen molar-refractivity contribution in [3.05, 3.63) is 29.8 Å². The molecule has 0 aliphatic rings.